The minimum Gasteiger partial charge on any atom is -0.481 e. The Hall–Kier alpha value is -0.830. The van der Waals surface area contributed by atoms with E-state index in [0.717, 1.165) is 22.9 Å². The fraction of sp³-hybridized carbons (Fsp3) is 0.300. The third-order valence-corrected chi connectivity index (χ3v) is 3.24. The molecule has 1 aromatic rings. The molecule has 1 aliphatic carbocycles. The molecule has 2 rings (SSSR count). The number of carboxylic acids is 1. The summed E-state index contributed by atoms with van der Waals surface area (Å²) in [5, 5.41) is 9.06. The molecule has 1 fully saturated rings. The van der Waals surface area contributed by atoms with E-state index in [1.807, 2.05) is 24.3 Å². The third kappa shape index (κ3) is 1.27. The van der Waals surface area contributed by atoms with Gasteiger partial charge in [0.05, 0.1) is 5.41 Å². The van der Waals surface area contributed by atoms with Crippen molar-refractivity contribution in [3.8, 4) is 0 Å². The quantitative estimate of drug-likeness (QED) is 0.863. The summed E-state index contributed by atoms with van der Waals surface area (Å²) in [5.74, 6) is -0.709. The molecule has 1 saturated carbocycles. The number of carboxylic acid groups (broad SMARTS) is 1. The maximum absolute atomic E-state index is 11.0. The molecule has 2 nitrogen and oxygen atoms in total. The Labute approximate surface area is 84.7 Å². The third-order valence-electron chi connectivity index (χ3n) is 2.55. The molecule has 0 amide bonds. The molecule has 0 radical (unpaired) electrons. The summed E-state index contributed by atoms with van der Waals surface area (Å²) in [6, 6.07) is 7.54. The fourth-order valence-electron chi connectivity index (χ4n) is 1.57. The molecule has 0 atom stereocenters. The highest BCUT2D eigenvalue weighted by Crippen LogP contribution is 2.50. The lowest BCUT2D eigenvalue weighted by Crippen LogP contribution is -2.19. The summed E-state index contributed by atoms with van der Waals surface area (Å²) in [5.41, 5.74) is 0.308. The Kier molecular flexibility index (Phi) is 1.91. The molecule has 0 saturated heterocycles. The summed E-state index contributed by atoms with van der Waals surface area (Å²) in [7, 11) is 0. The molecule has 1 N–H and O–H groups in total. The van der Waals surface area contributed by atoms with Gasteiger partial charge >= 0.3 is 5.97 Å². The molecule has 0 bridgehead atoms. The van der Waals surface area contributed by atoms with Crippen LogP contribution in [0.2, 0.25) is 0 Å². The van der Waals surface area contributed by atoms with Gasteiger partial charge in [-0.05, 0) is 24.5 Å². The zero-order chi connectivity index (χ0) is 9.47. The predicted molar refractivity (Wildman–Crippen MR) is 52.7 cm³/mol. The van der Waals surface area contributed by atoms with Crippen molar-refractivity contribution in [2.75, 3.05) is 0 Å². The topological polar surface area (TPSA) is 37.3 Å². The van der Waals surface area contributed by atoms with Crippen molar-refractivity contribution in [1.29, 1.82) is 0 Å². The van der Waals surface area contributed by atoms with Gasteiger partial charge in [-0.1, -0.05) is 34.1 Å². The van der Waals surface area contributed by atoms with E-state index in [1.54, 1.807) is 0 Å². The standard InChI is InChI=1S/C10H9BrO2/c11-8-4-2-1-3-7(8)10(5-6-10)9(12)13/h1-4H,5-6H2,(H,12,13). The van der Waals surface area contributed by atoms with E-state index >= 15 is 0 Å². The van der Waals surface area contributed by atoms with E-state index in [0.29, 0.717) is 0 Å². The van der Waals surface area contributed by atoms with Gasteiger partial charge in [0.2, 0.25) is 0 Å². The molecule has 0 unspecified atom stereocenters. The molecule has 0 aromatic heterocycles. The zero-order valence-corrected chi connectivity index (χ0v) is 8.54. The SMILES string of the molecule is O=C(O)C1(c2ccccc2Br)CC1. The summed E-state index contributed by atoms with van der Waals surface area (Å²) in [6.07, 6.45) is 1.51. The van der Waals surface area contributed by atoms with Gasteiger partial charge < -0.3 is 5.11 Å². The minimum atomic E-state index is -0.709. The molecule has 3 heteroatoms. The van der Waals surface area contributed by atoms with Gasteiger partial charge in [0.15, 0.2) is 0 Å². The molecule has 1 aliphatic rings. The first-order chi connectivity index (χ1) is 6.17. The highest BCUT2D eigenvalue weighted by Gasteiger charge is 2.52. The summed E-state index contributed by atoms with van der Waals surface area (Å²) in [4.78, 5) is 11.0. The first kappa shape index (κ1) is 8.75. The molecule has 68 valence electrons. The summed E-state index contributed by atoms with van der Waals surface area (Å²) < 4.78 is 0.898. The Morgan fingerprint density at radius 2 is 2.00 bits per heavy atom. The highest BCUT2D eigenvalue weighted by atomic mass is 79.9. The van der Waals surface area contributed by atoms with E-state index in [4.69, 9.17) is 5.11 Å². The Balaban J connectivity index is 2.47. The van der Waals surface area contributed by atoms with Crippen molar-refractivity contribution in [2.24, 2.45) is 0 Å². The van der Waals surface area contributed by atoms with Crippen molar-refractivity contribution < 1.29 is 9.90 Å². The van der Waals surface area contributed by atoms with E-state index < -0.39 is 11.4 Å². The molecule has 0 aliphatic heterocycles. The zero-order valence-electron chi connectivity index (χ0n) is 6.96. The fourth-order valence-corrected chi connectivity index (χ4v) is 2.24. The number of benzene rings is 1. The van der Waals surface area contributed by atoms with Crippen LogP contribution in [0.25, 0.3) is 0 Å². The van der Waals surface area contributed by atoms with Crippen LogP contribution in [0.1, 0.15) is 18.4 Å². The van der Waals surface area contributed by atoms with Crippen LogP contribution in [-0.2, 0) is 10.2 Å². The second kappa shape index (κ2) is 2.84. The largest absolute Gasteiger partial charge is 0.481 e. The minimum absolute atomic E-state index is 0.597. The summed E-state index contributed by atoms with van der Waals surface area (Å²) in [6.45, 7) is 0. The van der Waals surface area contributed by atoms with Crippen LogP contribution in [0, 0.1) is 0 Å². The Bertz CT molecular complexity index is 356. The van der Waals surface area contributed by atoms with Gasteiger partial charge in [-0.15, -0.1) is 0 Å². The molecular weight excluding hydrogens is 232 g/mol. The number of carbonyl (C=O) groups is 1. The second-order valence-corrected chi connectivity index (χ2v) is 4.22. The van der Waals surface area contributed by atoms with E-state index in [9.17, 15) is 4.79 Å². The smallest absolute Gasteiger partial charge is 0.314 e. The number of hydrogen-bond donors (Lipinski definition) is 1. The van der Waals surface area contributed by atoms with Gasteiger partial charge in [-0.2, -0.15) is 0 Å². The van der Waals surface area contributed by atoms with Crippen LogP contribution in [0.3, 0.4) is 0 Å². The maximum atomic E-state index is 11.0. The number of rotatable bonds is 2. The lowest BCUT2D eigenvalue weighted by Gasteiger charge is -2.11. The number of halogens is 1. The number of aliphatic carboxylic acids is 1. The Morgan fingerprint density at radius 3 is 2.46 bits per heavy atom. The van der Waals surface area contributed by atoms with Crippen molar-refractivity contribution >= 4 is 21.9 Å². The lowest BCUT2D eigenvalue weighted by molar-refractivity contribution is -0.140. The molecule has 13 heavy (non-hydrogen) atoms. The van der Waals surface area contributed by atoms with Gasteiger partial charge in [0, 0.05) is 4.47 Å². The van der Waals surface area contributed by atoms with Gasteiger partial charge in [-0.25, -0.2) is 0 Å². The van der Waals surface area contributed by atoms with E-state index in [-0.39, 0.29) is 0 Å². The maximum Gasteiger partial charge on any atom is 0.314 e. The monoisotopic (exact) mass is 240 g/mol. The van der Waals surface area contributed by atoms with Crippen LogP contribution in [0.5, 0.6) is 0 Å². The average Bonchev–Trinajstić information content (AvgIpc) is 2.85. The first-order valence-electron chi connectivity index (χ1n) is 4.15. The number of hydrogen-bond acceptors (Lipinski definition) is 1. The average molecular weight is 241 g/mol. The Morgan fingerprint density at radius 1 is 1.38 bits per heavy atom. The van der Waals surface area contributed by atoms with Crippen LogP contribution < -0.4 is 0 Å². The predicted octanol–water partition coefficient (Wildman–Crippen LogP) is 2.57. The summed E-state index contributed by atoms with van der Waals surface area (Å²) >= 11 is 3.38. The lowest BCUT2D eigenvalue weighted by atomic mass is 9.96. The van der Waals surface area contributed by atoms with Crippen LogP contribution in [0.4, 0.5) is 0 Å². The highest BCUT2D eigenvalue weighted by molar-refractivity contribution is 9.10. The van der Waals surface area contributed by atoms with Crippen LogP contribution >= 0.6 is 15.9 Å². The van der Waals surface area contributed by atoms with Crippen molar-refractivity contribution in [3.05, 3.63) is 34.3 Å². The molecule has 1 aromatic carbocycles. The van der Waals surface area contributed by atoms with Gasteiger partial charge in [-0.3, -0.25) is 4.79 Å². The van der Waals surface area contributed by atoms with Crippen molar-refractivity contribution in [3.63, 3.8) is 0 Å². The molecule has 0 spiro atoms. The normalized spacial score (nSPS) is 18.2. The van der Waals surface area contributed by atoms with Crippen LogP contribution in [0.15, 0.2) is 28.7 Å². The first-order valence-corrected chi connectivity index (χ1v) is 4.94. The second-order valence-electron chi connectivity index (χ2n) is 3.37. The van der Waals surface area contributed by atoms with E-state index in [2.05, 4.69) is 15.9 Å². The molecule has 0 heterocycles. The van der Waals surface area contributed by atoms with Crippen molar-refractivity contribution in [1.82, 2.24) is 0 Å². The van der Waals surface area contributed by atoms with E-state index in [1.165, 1.54) is 0 Å². The van der Waals surface area contributed by atoms with Gasteiger partial charge in [0.25, 0.3) is 0 Å². The van der Waals surface area contributed by atoms with Crippen LogP contribution in [-0.4, -0.2) is 11.1 Å². The van der Waals surface area contributed by atoms with Crippen molar-refractivity contribution in [2.45, 2.75) is 18.3 Å². The van der Waals surface area contributed by atoms with Gasteiger partial charge in [0.1, 0.15) is 0 Å². The molecular formula is C10H9BrO2.